The Kier molecular flexibility index (Phi) is 3.97. The quantitative estimate of drug-likeness (QED) is 0.699. The number of hydrogen-bond acceptors (Lipinski definition) is 5. The third kappa shape index (κ3) is 2.89. The molecule has 6 heteroatoms. The van der Waals surface area contributed by atoms with E-state index in [-0.39, 0.29) is 5.82 Å². The van der Waals surface area contributed by atoms with Crippen LogP contribution in [0.1, 0.15) is 21.8 Å². The van der Waals surface area contributed by atoms with Crippen LogP contribution in [0.25, 0.3) is 10.6 Å². The zero-order valence-electron chi connectivity index (χ0n) is 12.8. The predicted molar refractivity (Wildman–Crippen MR) is 91.9 cm³/mol. The molecule has 0 aliphatic heterocycles. The van der Waals surface area contributed by atoms with Gasteiger partial charge < -0.3 is 5.32 Å². The average Bonchev–Trinajstić information content (AvgIpc) is 3.00. The van der Waals surface area contributed by atoms with Gasteiger partial charge in [0.1, 0.15) is 5.82 Å². The molecule has 0 saturated heterocycles. The van der Waals surface area contributed by atoms with Crippen LogP contribution in [0.3, 0.4) is 0 Å². The molecular formula is C16H16FN3S2. The summed E-state index contributed by atoms with van der Waals surface area (Å²) in [5, 5.41) is 7.18. The van der Waals surface area contributed by atoms with E-state index >= 15 is 0 Å². The van der Waals surface area contributed by atoms with E-state index in [0.29, 0.717) is 0 Å². The van der Waals surface area contributed by atoms with Crippen LogP contribution in [-0.2, 0) is 0 Å². The number of aromatic nitrogens is 2. The zero-order chi connectivity index (χ0) is 15.9. The lowest BCUT2D eigenvalue weighted by atomic mass is 10.1. The van der Waals surface area contributed by atoms with Crippen LogP contribution in [0.15, 0.2) is 17.5 Å². The van der Waals surface area contributed by atoms with Gasteiger partial charge in [-0.05, 0) is 51.0 Å². The molecule has 0 radical (unpaired) electrons. The second kappa shape index (κ2) is 5.78. The monoisotopic (exact) mass is 333 g/mol. The first-order chi connectivity index (χ1) is 10.4. The summed E-state index contributed by atoms with van der Waals surface area (Å²) in [6.07, 6.45) is 0. The highest BCUT2D eigenvalue weighted by atomic mass is 32.1. The minimum absolute atomic E-state index is 0.212. The van der Waals surface area contributed by atoms with E-state index < -0.39 is 0 Å². The van der Waals surface area contributed by atoms with Gasteiger partial charge in [0.15, 0.2) is 5.13 Å². The van der Waals surface area contributed by atoms with Gasteiger partial charge in [0, 0.05) is 11.1 Å². The summed E-state index contributed by atoms with van der Waals surface area (Å²) in [5.41, 5.74) is 4.61. The van der Waals surface area contributed by atoms with Crippen LogP contribution in [0, 0.1) is 33.5 Å². The Hall–Kier alpha value is -1.79. The van der Waals surface area contributed by atoms with E-state index in [1.165, 1.54) is 12.1 Å². The molecule has 1 N–H and O–H groups in total. The van der Waals surface area contributed by atoms with Gasteiger partial charge in [-0.1, -0.05) is 0 Å². The Morgan fingerprint density at radius 1 is 1.05 bits per heavy atom. The van der Waals surface area contributed by atoms with Crippen molar-refractivity contribution in [3.8, 4) is 10.6 Å². The van der Waals surface area contributed by atoms with E-state index in [4.69, 9.17) is 0 Å². The molecule has 0 spiro atoms. The fourth-order valence-corrected chi connectivity index (χ4v) is 4.08. The minimum Gasteiger partial charge on any atom is -0.331 e. The molecule has 114 valence electrons. The van der Waals surface area contributed by atoms with Gasteiger partial charge in [-0.15, -0.1) is 22.7 Å². The van der Waals surface area contributed by atoms with Crippen molar-refractivity contribution in [2.45, 2.75) is 27.7 Å². The van der Waals surface area contributed by atoms with Crippen molar-refractivity contribution in [1.82, 2.24) is 9.97 Å². The molecule has 0 saturated carbocycles. The summed E-state index contributed by atoms with van der Waals surface area (Å²) in [6.45, 7) is 7.78. The Labute approximate surface area is 136 Å². The van der Waals surface area contributed by atoms with E-state index in [9.17, 15) is 4.39 Å². The van der Waals surface area contributed by atoms with Crippen molar-refractivity contribution in [2.24, 2.45) is 0 Å². The molecule has 0 unspecified atom stereocenters. The van der Waals surface area contributed by atoms with Gasteiger partial charge in [-0.2, -0.15) is 0 Å². The number of nitrogens with zero attached hydrogens (tertiary/aromatic N) is 2. The third-order valence-electron chi connectivity index (χ3n) is 3.37. The highest BCUT2D eigenvalue weighted by molar-refractivity contribution is 7.16. The molecule has 3 nitrogen and oxygen atoms in total. The van der Waals surface area contributed by atoms with E-state index in [0.717, 1.165) is 43.2 Å². The first-order valence-electron chi connectivity index (χ1n) is 6.87. The fourth-order valence-electron chi connectivity index (χ4n) is 2.42. The van der Waals surface area contributed by atoms with Crippen molar-refractivity contribution < 1.29 is 4.39 Å². The SMILES string of the molecule is Cc1nc(C)c(-c2csc(Nc3c(C)cc(F)cc3C)n2)s1. The molecule has 3 rings (SSSR count). The third-order valence-corrected chi connectivity index (χ3v) is 5.22. The molecular weight excluding hydrogens is 317 g/mol. The van der Waals surface area contributed by atoms with Crippen LogP contribution < -0.4 is 5.32 Å². The van der Waals surface area contributed by atoms with Gasteiger partial charge in [-0.25, -0.2) is 14.4 Å². The van der Waals surface area contributed by atoms with Crippen molar-refractivity contribution >= 4 is 33.5 Å². The molecule has 0 fully saturated rings. The summed E-state index contributed by atoms with van der Waals surface area (Å²) in [4.78, 5) is 10.2. The molecule has 0 aliphatic carbocycles. The summed E-state index contributed by atoms with van der Waals surface area (Å²) in [6, 6.07) is 3.06. The maximum absolute atomic E-state index is 13.4. The largest absolute Gasteiger partial charge is 0.331 e. The van der Waals surface area contributed by atoms with E-state index in [2.05, 4.69) is 15.3 Å². The van der Waals surface area contributed by atoms with Gasteiger partial charge in [0.25, 0.3) is 0 Å². The van der Waals surface area contributed by atoms with E-state index in [1.807, 2.05) is 33.1 Å². The van der Waals surface area contributed by atoms with Crippen LogP contribution in [0.2, 0.25) is 0 Å². The highest BCUT2D eigenvalue weighted by Crippen LogP contribution is 2.34. The van der Waals surface area contributed by atoms with E-state index in [1.54, 1.807) is 22.7 Å². The van der Waals surface area contributed by atoms with Crippen LogP contribution in [-0.4, -0.2) is 9.97 Å². The number of anilines is 2. The molecule has 2 heterocycles. The Balaban J connectivity index is 1.91. The van der Waals surface area contributed by atoms with Crippen molar-refractivity contribution in [1.29, 1.82) is 0 Å². The predicted octanol–water partition coefficient (Wildman–Crippen LogP) is 5.38. The van der Waals surface area contributed by atoms with Crippen LogP contribution in [0.5, 0.6) is 0 Å². The smallest absolute Gasteiger partial charge is 0.187 e. The van der Waals surface area contributed by atoms with Gasteiger partial charge >= 0.3 is 0 Å². The number of nitrogens with one attached hydrogen (secondary N) is 1. The van der Waals surface area contributed by atoms with Crippen molar-refractivity contribution in [3.63, 3.8) is 0 Å². The Morgan fingerprint density at radius 2 is 1.73 bits per heavy atom. The standard InChI is InChI=1S/C16H16FN3S2/c1-8-5-12(17)6-9(2)14(8)20-16-19-13(7-21-16)15-10(3)18-11(4)22-15/h5-7H,1-4H3,(H,19,20). The minimum atomic E-state index is -0.212. The highest BCUT2D eigenvalue weighted by Gasteiger charge is 2.13. The molecule has 3 aromatic rings. The number of hydrogen-bond donors (Lipinski definition) is 1. The zero-order valence-corrected chi connectivity index (χ0v) is 14.5. The van der Waals surface area contributed by atoms with Gasteiger partial charge in [0.05, 0.1) is 21.3 Å². The summed E-state index contributed by atoms with van der Waals surface area (Å²) in [5.74, 6) is -0.212. The molecule has 0 aliphatic rings. The average molecular weight is 333 g/mol. The van der Waals surface area contributed by atoms with Crippen molar-refractivity contribution in [2.75, 3.05) is 5.32 Å². The maximum atomic E-state index is 13.4. The number of thiazole rings is 2. The van der Waals surface area contributed by atoms with Gasteiger partial charge in [-0.3, -0.25) is 0 Å². The van der Waals surface area contributed by atoms with Gasteiger partial charge in [0.2, 0.25) is 0 Å². The lowest BCUT2D eigenvalue weighted by Gasteiger charge is -2.10. The van der Waals surface area contributed by atoms with Crippen molar-refractivity contribution in [3.05, 3.63) is 45.2 Å². The molecule has 0 bridgehead atoms. The first-order valence-corrected chi connectivity index (χ1v) is 8.57. The number of halogens is 1. The summed E-state index contributed by atoms with van der Waals surface area (Å²) in [7, 11) is 0. The topological polar surface area (TPSA) is 37.8 Å². The van der Waals surface area contributed by atoms with Crippen LogP contribution >= 0.6 is 22.7 Å². The molecule has 0 atom stereocenters. The second-order valence-corrected chi connectivity index (χ2v) is 7.29. The fraction of sp³-hybridized carbons (Fsp3) is 0.250. The Morgan fingerprint density at radius 3 is 2.32 bits per heavy atom. The Bertz CT molecular complexity index is 813. The molecule has 22 heavy (non-hydrogen) atoms. The number of aryl methyl sites for hydroxylation is 4. The first kappa shape index (κ1) is 15.1. The molecule has 1 aromatic carbocycles. The van der Waals surface area contributed by atoms with Crippen LogP contribution in [0.4, 0.5) is 15.2 Å². The molecule has 2 aromatic heterocycles. The maximum Gasteiger partial charge on any atom is 0.187 e. The number of rotatable bonds is 3. The summed E-state index contributed by atoms with van der Waals surface area (Å²) < 4.78 is 13.4. The number of benzene rings is 1. The summed E-state index contributed by atoms with van der Waals surface area (Å²) >= 11 is 3.19. The second-order valence-electron chi connectivity index (χ2n) is 5.22. The lowest BCUT2D eigenvalue weighted by molar-refractivity contribution is 0.625. The molecule has 0 amide bonds. The lowest BCUT2D eigenvalue weighted by Crippen LogP contribution is -1.97. The normalized spacial score (nSPS) is 11.0.